The number of carbonyl (C=O) groups is 2. The SMILES string of the molecule is Cn1cc(N)cc1C(=O)N1CC(=O)Nc2ccccc21. The predicted molar refractivity (Wildman–Crippen MR) is 76.6 cm³/mol. The Hall–Kier alpha value is -2.76. The van der Waals surface area contributed by atoms with Crippen molar-refractivity contribution in [3.8, 4) is 0 Å². The van der Waals surface area contributed by atoms with Crippen LogP contribution in [-0.4, -0.2) is 22.9 Å². The molecule has 1 aliphatic rings. The number of carbonyl (C=O) groups excluding carboxylic acids is 2. The minimum atomic E-state index is -0.244. The second-order valence-electron chi connectivity index (χ2n) is 4.73. The number of hydrogen-bond acceptors (Lipinski definition) is 3. The summed E-state index contributed by atoms with van der Waals surface area (Å²) in [4.78, 5) is 25.8. The highest BCUT2D eigenvalue weighted by Crippen LogP contribution is 2.30. The zero-order valence-corrected chi connectivity index (χ0v) is 11.0. The average Bonchev–Trinajstić information content (AvgIpc) is 2.76. The molecule has 1 aromatic heterocycles. The highest BCUT2D eigenvalue weighted by atomic mass is 16.2. The van der Waals surface area contributed by atoms with Crippen LogP contribution >= 0.6 is 0 Å². The fraction of sp³-hybridized carbons (Fsp3) is 0.143. The van der Waals surface area contributed by atoms with Gasteiger partial charge in [-0.3, -0.25) is 14.5 Å². The van der Waals surface area contributed by atoms with Gasteiger partial charge in [0.05, 0.1) is 17.1 Å². The van der Waals surface area contributed by atoms with Crippen LogP contribution in [0.15, 0.2) is 36.5 Å². The maximum atomic E-state index is 12.6. The van der Waals surface area contributed by atoms with Gasteiger partial charge in [0.1, 0.15) is 12.2 Å². The Morgan fingerprint density at radius 2 is 2.10 bits per heavy atom. The van der Waals surface area contributed by atoms with Gasteiger partial charge in [-0.1, -0.05) is 12.1 Å². The van der Waals surface area contributed by atoms with Gasteiger partial charge < -0.3 is 15.6 Å². The van der Waals surface area contributed by atoms with Gasteiger partial charge in [0.25, 0.3) is 5.91 Å². The van der Waals surface area contributed by atoms with E-state index in [1.807, 2.05) is 12.1 Å². The zero-order valence-electron chi connectivity index (χ0n) is 11.0. The smallest absolute Gasteiger partial charge is 0.275 e. The molecule has 0 saturated heterocycles. The van der Waals surface area contributed by atoms with E-state index < -0.39 is 0 Å². The van der Waals surface area contributed by atoms with Crippen molar-refractivity contribution in [2.75, 3.05) is 22.5 Å². The molecule has 0 aliphatic carbocycles. The normalized spacial score (nSPS) is 13.8. The fourth-order valence-corrected chi connectivity index (χ4v) is 2.36. The first-order chi connectivity index (χ1) is 9.56. The summed E-state index contributed by atoms with van der Waals surface area (Å²) in [5.41, 5.74) is 8.00. The number of nitrogens with two attached hydrogens (primary N) is 1. The molecule has 0 unspecified atom stereocenters. The van der Waals surface area contributed by atoms with E-state index in [9.17, 15) is 9.59 Å². The maximum Gasteiger partial charge on any atom is 0.275 e. The summed E-state index contributed by atoms with van der Waals surface area (Å²) in [6.07, 6.45) is 1.67. The van der Waals surface area contributed by atoms with Crippen LogP contribution in [0.5, 0.6) is 0 Å². The van der Waals surface area contributed by atoms with Gasteiger partial charge in [-0.25, -0.2) is 0 Å². The Morgan fingerprint density at radius 3 is 2.80 bits per heavy atom. The molecule has 0 fully saturated rings. The number of amides is 2. The highest BCUT2D eigenvalue weighted by Gasteiger charge is 2.28. The van der Waals surface area contributed by atoms with Gasteiger partial charge >= 0.3 is 0 Å². The molecular formula is C14H14N4O2. The number of rotatable bonds is 1. The molecule has 0 spiro atoms. The third-order valence-electron chi connectivity index (χ3n) is 3.26. The summed E-state index contributed by atoms with van der Waals surface area (Å²) >= 11 is 0. The molecular weight excluding hydrogens is 256 g/mol. The summed E-state index contributed by atoms with van der Waals surface area (Å²) in [7, 11) is 1.75. The lowest BCUT2D eigenvalue weighted by Crippen LogP contribution is -2.42. The minimum absolute atomic E-state index is 0.000924. The predicted octanol–water partition coefficient (Wildman–Crippen LogP) is 1.21. The van der Waals surface area contributed by atoms with Gasteiger partial charge in [-0.15, -0.1) is 0 Å². The Morgan fingerprint density at radius 1 is 1.35 bits per heavy atom. The molecule has 6 heteroatoms. The molecule has 1 aliphatic heterocycles. The molecule has 102 valence electrons. The molecule has 3 rings (SSSR count). The first-order valence-corrected chi connectivity index (χ1v) is 6.19. The number of nitrogens with zero attached hydrogens (tertiary/aromatic N) is 2. The molecule has 20 heavy (non-hydrogen) atoms. The van der Waals surface area contributed by atoms with Crippen molar-refractivity contribution in [2.24, 2.45) is 7.05 Å². The van der Waals surface area contributed by atoms with Gasteiger partial charge in [-0.2, -0.15) is 0 Å². The fourth-order valence-electron chi connectivity index (χ4n) is 2.36. The number of hydrogen-bond donors (Lipinski definition) is 2. The zero-order chi connectivity index (χ0) is 14.3. The molecule has 0 saturated carbocycles. The standard InChI is InChI=1S/C14H14N4O2/c1-17-7-9(15)6-12(17)14(20)18-8-13(19)16-10-4-2-3-5-11(10)18/h2-7H,8,15H2,1H3,(H,16,19). The van der Waals surface area contributed by atoms with E-state index in [1.54, 1.807) is 36.0 Å². The van der Waals surface area contributed by atoms with Crippen LogP contribution in [-0.2, 0) is 11.8 Å². The van der Waals surface area contributed by atoms with E-state index in [0.717, 1.165) is 0 Å². The van der Waals surface area contributed by atoms with Gasteiger partial charge in [0, 0.05) is 13.2 Å². The highest BCUT2D eigenvalue weighted by molar-refractivity contribution is 6.14. The quantitative estimate of drug-likeness (QED) is 0.817. The van der Waals surface area contributed by atoms with Gasteiger partial charge in [-0.05, 0) is 18.2 Å². The number of aryl methyl sites for hydroxylation is 1. The largest absolute Gasteiger partial charge is 0.397 e. The lowest BCUT2D eigenvalue weighted by molar-refractivity contribution is -0.115. The van der Waals surface area contributed by atoms with E-state index in [1.165, 1.54) is 4.90 Å². The molecule has 1 aromatic carbocycles. The Bertz CT molecular complexity index is 705. The molecule has 0 bridgehead atoms. The number of para-hydroxylation sites is 2. The van der Waals surface area contributed by atoms with Crippen LogP contribution < -0.4 is 16.0 Å². The van der Waals surface area contributed by atoms with Crippen molar-refractivity contribution in [1.82, 2.24) is 4.57 Å². The second kappa shape index (κ2) is 4.41. The summed E-state index contributed by atoms with van der Waals surface area (Å²) in [5, 5.41) is 2.75. The molecule has 0 atom stereocenters. The lowest BCUT2D eigenvalue weighted by atomic mass is 10.2. The van der Waals surface area contributed by atoms with E-state index >= 15 is 0 Å². The summed E-state index contributed by atoms with van der Waals surface area (Å²) in [6, 6.07) is 8.83. The monoisotopic (exact) mass is 270 g/mol. The first-order valence-electron chi connectivity index (χ1n) is 6.19. The third kappa shape index (κ3) is 1.91. The number of fused-ring (bicyclic) bond motifs is 1. The van der Waals surface area contributed by atoms with Crippen LogP contribution in [0.4, 0.5) is 17.1 Å². The number of aromatic nitrogens is 1. The molecule has 3 N–H and O–H groups in total. The summed E-state index contributed by atoms with van der Waals surface area (Å²) in [5.74, 6) is -0.453. The number of nitrogen functional groups attached to an aromatic ring is 1. The lowest BCUT2D eigenvalue weighted by Gasteiger charge is -2.29. The maximum absolute atomic E-state index is 12.6. The van der Waals surface area contributed by atoms with Crippen LogP contribution in [0.1, 0.15) is 10.5 Å². The Balaban J connectivity index is 2.04. The molecule has 2 amide bonds. The molecule has 6 nitrogen and oxygen atoms in total. The molecule has 2 aromatic rings. The van der Waals surface area contributed by atoms with Crippen molar-refractivity contribution in [3.63, 3.8) is 0 Å². The van der Waals surface area contributed by atoms with E-state index in [0.29, 0.717) is 22.8 Å². The molecule has 0 radical (unpaired) electrons. The first kappa shape index (κ1) is 12.3. The average molecular weight is 270 g/mol. The van der Waals surface area contributed by atoms with Crippen molar-refractivity contribution >= 4 is 28.9 Å². The van der Waals surface area contributed by atoms with E-state index in [4.69, 9.17) is 5.73 Å². The van der Waals surface area contributed by atoms with Gasteiger partial charge in [0.15, 0.2) is 0 Å². The van der Waals surface area contributed by atoms with Crippen molar-refractivity contribution < 1.29 is 9.59 Å². The number of nitrogens with one attached hydrogen (secondary N) is 1. The summed E-state index contributed by atoms with van der Waals surface area (Å²) in [6.45, 7) is 0.000924. The van der Waals surface area contributed by atoms with Crippen LogP contribution in [0.25, 0.3) is 0 Å². The van der Waals surface area contributed by atoms with Crippen molar-refractivity contribution in [3.05, 3.63) is 42.2 Å². The minimum Gasteiger partial charge on any atom is -0.397 e. The van der Waals surface area contributed by atoms with E-state index in [2.05, 4.69) is 5.32 Å². The van der Waals surface area contributed by atoms with E-state index in [-0.39, 0.29) is 18.4 Å². The Kier molecular flexibility index (Phi) is 2.71. The number of anilines is 3. The molecule has 2 heterocycles. The van der Waals surface area contributed by atoms with Crippen LogP contribution in [0, 0.1) is 0 Å². The topological polar surface area (TPSA) is 80.4 Å². The summed E-state index contributed by atoms with van der Waals surface area (Å²) < 4.78 is 1.66. The van der Waals surface area contributed by atoms with Crippen molar-refractivity contribution in [2.45, 2.75) is 0 Å². The third-order valence-corrected chi connectivity index (χ3v) is 3.26. The second-order valence-corrected chi connectivity index (χ2v) is 4.73. The van der Waals surface area contributed by atoms with Crippen LogP contribution in [0.2, 0.25) is 0 Å². The number of benzene rings is 1. The Labute approximate surface area is 115 Å². The van der Waals surface area contributed by atoms with Crippen molar-refractivity contribution in [1.29, 1.82) is 0 Å². The van der Waals surface area contributed by atoms with Gasteiger partial charge in [0.2, 0.25) is 5.91 Å². The van der Waals surface area contributed by atoms with Crippen LogP contribution in [0.3, 0.4) is 0 Å².